The van der Waals surface area contributed by atoms with Crippen molar-refractivity contribution in [1.29, 1.82) is 0 Å². The molecular formula is C12H12ClFN2S. The molecule has 0 aliphatic rings. The zero-order valence-electron chi connectivity index (χ0n) is 8.99. The fraction of sp³-hybridized carbons (Fsp3) is 0.167. The molecule has 1 heterocycles. The number of rotatable bonds is 4. The van der Waals surface area contributed by atoms with Crippen LogP contribution in [0.1, 0.15) is 17.2 Å². The predicted molar refractivity (Wildman–Crippen MR) is 69.5 cm³/mol. The molecule has 1 aromatic carbocycles. The van der Waals surface area contributed by atoms with E-state index in [1.165, 1.54) is 6.07 Å². The third-order valence-corrected chi connectivity index (χ3v) is 3.60. The summed E-state index contributed by atoms with van der Waals surface area (Å²) in [5.41, 5.74) is 4.31. The number of benzene rings is 1. The highest BCUT2D eigenvalue weighted by atomic mass is 35.5. The van der Waals surface area contributed by atoms with Crippen molar-refractivity contribution in [2.45, 2.75) is 12.5 Å². The number of nitrogens with one attached hydrogen (secondary N) is 1. The third-order valence-electron chi connectivity index (χ3n) is 2.60. The summed E-state index contributed by atoms with van der Waals surface area (Å²) in [6.45, 7) is 0. The van der Waals surface area contributed by atoms with Gasteiger partial charge in [-0.3, -0.25) is 11.3 Å². The summed E-state index contributed by atoms with van der Waals surface area (Å²) in [6.07, 6.45) is 0.472. The molecule has 0 aliphatic carbocycles. The van der Waals surface area contributed by atoms with Crippen molar-refractivity contribution >= 4 is 22.9 Å². The van der Waals surface area contributed by atoms with Crippen molar-refractivity contribution in [1.82, 2.24) is 5.43 Å². The number of halogens is 2. The number of nitrogens with two attached hydrogens (primary N) is 1. The van der Waals surface area contributed by atoms with Crippen LogP contribution in [-0.2, 0) is 6.42 Å². The second-order valence-corrected chi connectivity index (χ2v) is 4.88. The summed E-state index contributed by atoms with van der Waals surface area (Å²) >= 11 is 7.33. The normalized spacial score (nSPS) is 12.6. The molecular weight excluding hydrogens is 259 g/mol. The average Bonchev–Trinajstić information content (AvgIpc) is 2.85. The largest absolute Gasteiger partial charge is 0.271 e. The van der Waals surface area contributed by atoms with Gasteiger partial charge in [0.15, 0.2) is 0 Å². The third kappa shape index (κ3) is 2.84. The molecule has 2 aromatic rings. The van der Waals surface area contributed by atoms with Gasteiger partial charge >= 0.3 is 0 Å². The Bertz CT molecular complexity index is 487. The molecule has 0 aliphatic heterocycles. The first-order valence-electron chi connectivity index (χ1n) is 5.13. The lowest BCUT2D eigenvalue weighted by molar-refractivity contribution is 0.530. The van der Waals surface area contributed by atoms with Gasteiger partial charge in [0.1, 0.15) is 5.82 Å². The van der Waals surface area contributed by atoms with E-state index in [-0.39, 0.29) is 16.9 Å². The molecule has 5 heteroatoms. The van der Waals surface area contributed by atoms with Crippen LogP contribution in [0.15, 0.2) is 35.0 Å². The maximum absolute atomic E-state index is 13.7. The van der Waals surface area contributed by atoms with Crippen LogP contribution >= 0.6 is 22.9 Å². The molecule has 90 valence electrons. The van der Waals surface area contributed by atoms with Crippen molar-refractivity contribution in [2.75, 3.05) is 0 Å². The van der Waals surface area contributed by atoms with Crippen molar-refractivity contribution in [3.05, 3.63) is 57.0 Å². The Kier molecular flexibility index (Phi) is 4.12. The van der Waals surface area contributed by atoms with E-state index in [0.717, 1.165) is 5.56 Å². The summed E-state index contributed by atoms with van der Waals surface area (Å²) in [6, 6.07) is 6.86. The van der Waals surface area contributed by atoms with Crippen LogP contribution in [0.3, 0.4) is 0 Å². The Labute approximate surface area is 108 Å². The van der Waals surface area contributed by atoms with E-state index < -0.39 is 0 Å². The van der Waals surface area contributed by atoms with Gasteiger partial charge in [-0.2, -0.15) is 11.3 Å². The van der Waals surface area contributed by atoms with Gasteiger partial charge in [0.05, 0.1) is 11.1 Å². The van der Waals surface area contributed by atoms with Gasteiger partial charge in [-0.15, -0.1) is 0 Å². The van der Waals surface area contributed by atoms with Crippen LogP contribution in [-0.4, -0.2) is 0 Å². The molecule has 1 unspecified atom stereocenters. The van der Waals surface area contributed by atoms with Crippen molar-refractivity contribution in [3.63, 3.8) is 0 Å². The Hall–Kier alpha value is -0.940. The number of thiophene rings is 1. The SMILES string of the molecule is NNC(Cc1cccc(Cl)c1F)c1ccsc1. The van der Waals surface area contributed by atoms with E-state index in [9.17, 15) is 4.39 Å². The van der Waals surface area contributed by atoms with Crippen LogP contribution in [0.25, 0.3) is 0 Å². The number of hydrogen-bond donors (Lipinski definition) is 2. The smallest absolute Gasteiger partial charge is 0.145 e. The maximum Gasteiger partial charge on any atom is 0.145 e. The molecule has 0 bridgehead atoms. The first kappa shape index (κ1) is 12.5. The molecule has 2 nitrogen and oxygen atoms in total. The van der Waals surface area contributed by atoms with E-state index in [0.29, 0.717) is 12.0 Å². The quantitative estimate of drug-likeness (QED) is 0.661. The first-order valence-corrected chi connectivity index (χ1v) is 6.45. The molecule has 0 saturated carbocycles. The molecule has 3 N–H and O–H groups in total. The van der Waals surface area contributed by atoms with Crippen LogP contribution in [0, 0.1) is 5.82 Å². The van der Waals surface area contributed by atoms with Crippen LogP contribution < -0.4 is 11.3 Å². The summed E-state index contributed by atoms with van der Waals surface area (Å²) in [7, 11) is 0. The number of hydrogen-bond acceptors (Lipinski definition) is 3. The van der Waals surface area contributed by atoms with E-state index in [1.807, 2.05) is 16.8 Å². The van der Waals surface area contributed by atoms with E-state index in [4.69, 9.17) is 17.4 Å². The molecule has 0 spiro atoms. The van der Waals surface area contributed by atoms with Gasteiger partial charge in [0.25, 0.3) is 0 Å². The highest BCUT2D eigenvalue weighted by Crippen LogP contribution is 2.24. The standard InChI is InChI=1S/C12H12ClFN2S/c13-10-3-1-2-8(12(10)14)6-11(16-15)9-4-5-17-7-9/h1-5,7,11,16H,6,15H2. The Morgan fingerprint density at radius 2 is 2.24 bits per heavy atom. The van der Waals surface area contributed by atoms with E-state index in [2.05, 4.69) is 5.43 Å². The van der Waals surface area contributed by atoms with Crippen molar-refractivity contribution in [3.8, 4) is 0 Å². The van der Waals surface area contributed by atoms with Crippen LogP contribution in [0.5, 0.6) is 0 Å². The predicted octanol–water partition coefficient (Wildman–Crippen LogP) is 3.29. The van der Waals surface area contributed by atoms with Gasteiger partial charge in [-0.1, -0.05) is 23.7 Å². The molecule has 0 fully saturated rings. The van der Waals surface area contributed by atoms with Gasteiger partial charge in [-0.25, -0.2) is 4.39 Å². The number of hydrazine groups is 1. The molecule has 17 heavy (non-hydrogen) atoms. The lowest BCUT2D eigenvalue weighted by Gasteiger charge is -2.15. The molecule has 0 saturated heterocycles. The summed E-state index contributed by atoms with van der Waals surface area (Å²) in [5.74, 6) is 5.13. The lowest BCUT2D eigenvalue weighted by Crippen LogP contribution is -2.29. The zero-order chi connectivity index (χ0) is 12.3. The van der Waals surface area contributed by atoms with Crippen LogP contribution in [0.2, 0.25) is 5.02 Å². The van der Waals surface area contributed by atoms with Gasteiger partial charge < -0.3 is 0 Å². The van der Waals surface area contributed by atoms with Gasteiger partial charge in [-0.05, 0) is 40.4 Å². The molecule has 1 aromatic heterocycles. The minimum atomic E-state index is -0.371. The first-order chi connectivity index (χ1) is 8.22. The monoisotopic (exact) mass is 270 g/mol. The van der Waals surface area contributed by atoms with E-state index >= 15 is 0 Å². The Morgan fingerprint density at radius 1 is 1.41 bits per heavy atom. The summed E-state index contributed by atoms with van der Waals surface area (Å²) in [5, 5.41) is 4.10. The second-order valence-electron chi connectivity index (χ2n) is 3.69. The second kappa shape index (κ2) is 5.60. The minimum Gasteiger partial charge on any atom is -0.271 e. The highest BCUT2D eigenvalue weighted by molar-refractivity contribution is 7.07. The van der Waals surface area contributed by atoms with Gasteiger partial charge in [0.2, 0.25) is 0 Å². The molecule has 0 amide bonds. The molecule has 1 atom stereocenters. The van der Waals surface area contributed by atoms with Gasteiger partial charge in [0, 0.05) is 0 Å². The van der Waals surface area contributed by atoms with Crippen molar-refractivity contribution in [2.24, 2.45) is 5.84 Å². The Morgan fingerprint density at radius 3 is 2.88 bits per heavy atom. The summed E-state index contributed by atoms with van der Waals surface area (Å²) < 4.78 is 13.7. The zero-order valence-corrected chi connectivity index (χ0v) is 10.6. The van der Waals surface area contributed by atoms with E-state index in [1.54, 1.807) is 23.5 Å². The van der Waals surface area contributed by atoms with Crippen LogP contribution in [0.4, 0.5) is 4.39 Å². The molecule has 2 rings (SSSR count). The van der Waals surface area contributed by atoms with Crippen molar-refractivity contribution < 1.29 is 4.39 Å². The Balaban J connectivity index is 2.22. The fourth-order valence-corrected chi connectivity index (χ4v) is 2.58. The topological polar surface area (TPSA) is 38.0 Å². The molecule has 0 radical (unpaired) electrons. The summed E-state index contributed by atoms with van der Waals surface area (Å²) in [4.78, 5) is 0. The maximum atomic E-state index is 13.7. The fourth-order valence-electron chi connectivity index (χ4n) is 1.67. The minimum absolute atomic E-state index is 0.103. The highest BCUT2D eigenvalue weighted by Gasteiger charge is 2.14. The average molecular weight is 271 g/mol. The lowest BCUT2D eigenvalue weighted by atomic mass is 10.0.